The predicted molar refractivity (Wildman–Crippen MR) is 115 cm³/mol. The van der Waals surface area contributed by atoms with Gasteiger partial charge in [0, 0.05) is 30.7 Å². The zero-order valence-corrected chi connectivity index (χ0v) is 18.2. The van der Waals surface area contributed by atoms with Crippen LogP contribution < -0.4 is 16.0 Å². The zero-order chi connectivity index (χ0) is 24.2. The van der Waals surface area contributed by atoms with Crippen LogP contribution in [0, 0.1) is 5.92 Å². The lowest BCUT2D eigenvalue weighted by Crippen LogP contribution is -2.48. The molecule has 2 aromatic rings. The van der Waals surface area contributed by atoms with Crippen LogP contribution in [0.1, 0.15) is 42.8 Å². The number of alkyl halides is 3. The normalized spacial score (nSPS) is 14.8. The molecule has 1 aliphatic rings. The third-order valence-electron chi connectivity index (χ3n) is 5.21. The predicted octanol–water partition coefficient (Wildman–Crippen LogP) is 4.32. The van der Waals surface area contributed by atoms with E-state index in [4.69, 9.17) is 4.42 Å². The van der Waals surface area contributed by atoms with Crippen molar-refractivity contribution < 1.29 is 32.0 Å². The Kier molecular flexibility index (Phi) is 7.29. The standard InChI is InChI=1S/C22H25F3N4O4/c1-13(2)20(31)29-9-7-14(8-10-29)27-21(32)28-17-6-5-15(12-16(17)22(23,24)25)26-19(30)18-4-3-11-33-18/h3-6,11-14H,7-10H2,1-2H3,(H,26,30)(H2,27,28,32). The van der Waals surface area contributed by atoms with Crippen LogP contribution >= 0.6 is 0 Å². The summed E-state index contributed by atoms with van der Waals surface area (Å²) in [5.41, 5.74) is -1.65. The van der Waals surface area contributed by atoms with Gasteiger partial charge in [-0.05, 0) is 43.2 Å². The van der Waals surface area contributed by atoms with Gasteiger partial charge in [0.1, 0.15) is 0 Å². The van der Waals surface area contributed by atoms with Crippen LogP contribution in [-0.2, 0) is 11.0 Å². The molecule has 3 N–H and O–H groups in total. The van der Waals surface area contributed by atoms with Crippen molar-refractivity contribution in [2.24, 2.45) is 5.92 Å². The maximum atomic E-state index is 13.6. The van der Waals surface area contributed by atoms with Crippen LogP contribution in [-0.4, -0.2) is 41.9 Å². The van der Waals surface area contributed by atoms with E-state index in [1.165, 1.54) is 24.5 Å². The third-order valence-corrected chi connectivity index (χ3v) is 5.21. The fourth-order valence-electron chi connectivity index (χ4n) is 3.52. The monoisotopic (exact) mass is 466 g/mol. The first-order chi connectivity index (χ1) is 15.5. The van der Waals surface area contributed by atoms with Crippen molar-refractivity contribution in [3.63, 3.8) is 0 Å². The number of hydrogen-bond acceptors (Lipinski definition) is 4. The molecule has 33 heavy (non-hydrogen) atoms. The molecule has 3 rings (SSSR count). The van der Waals surface area contributed by atoms with Gasteiger partial charge in [-0.2, -0.15) is 13.2 Å². The second kappa shape index (κ2) is 9.97. The first-order valence-electron chi connectivity index (χ1n) is 10.5. The Morgan fingerprint density at radius 2 is 1.79 bits per heavy atom. The molecule has 0 saturated carbocycles. The van der Waals surface area contributed by atoms with Gasteiger partial charge in [-0.15, -0.1) is 0 Å². The highest BCUT2D eigenvalue weighted by molar-refractivity contribution is 6.02. The van der Waals surface area contributed by atoms with Crippen molar-refractivity contribution in [3.8, 4) is 0 Å². The van der Waals surface area contributed by atoms with Gasteiger partial charge < -0.3 is 25.3 Å². The molecule has 1 saturated heterocycles. The average Bonchev–Trinajstić information content (AvgIpc) is 3.29. The number of anilines is 2. The van der Waals surface area contributed by atoms with E-state index >= 15 is 0 Å². The summed E-state index contributed by atoms with van der Waals surface area (Å²) < 4.78 is 45.7. The number of piperidine rings is 1. The fourth-order valence-corrected chi connectivity index (χ4v) is 3.52. The summed E-state index contributed by atoms with van der Waals surface area (Å²) in [6.45, 7) is 4.57. The van der Waals surface area contributed by atoms with Crippen LogP contribution in [0.2, 0.25) is 0 Å². The van der Waals surface area contributed by atoms with Gasteiger partial charge in [-0.25, -0.2) is 4.79 Å². The molecule has 1 fully saturated rings. The first kappa shape index (κ1) is 24.1. The van der Waals surface area contributed by atoms with Gasteiger partial charge in [0.15, 0.2) is 5.76 Å². The SMILES string of the molecule is CC(C)C(=O)N1CCC(NC(=O)Nc2ccc(NC(=O)c3ccco3)cc2C(F)(F)F)CC1. The Hall–Kier alpha value is -3.50. The molecular weight excluding hydrogens is 441 g/mol. The van der Waals surface area contributed by atoms with Gasteiger partial charge in [-0.3, -0.25) is 9.59 Å². The molecule has 1 aromatic heterocycles. The number of hydrogen-bond donors (Lipinski definition) is 3. The fraction of sp³-hybridized carbons (Fsp3) is 0.409. The van der Waals surface area contributed by atoms with Crippen molar-refractivity contribution in [1.82, 2.24) is 10.2 Å². The van der Waals surface area contributed by atoms with Crippen molar-refractivity contribution in [2.75, 3.05) is 23.7 Å². The zero-order valence-electron chi connectivity index (χ0n) is 18.2. The summed E-state index contributed by atoms with van der Waals surface area (Å²) in [6.07, 6.45) is -2.48. The van der Waals surface area contributed by atoms with Crippen LogP contribution in [0.3, 0.4) is 0 Å². The lowest BCUT2D eigenvalue weighted by Gasteiger charge is -2.33. The summed E-state index contributed by atoms with van der Waals surface area (Å²) in [5.74, 6) is -0.836. The number of furan rings is 1. The topological polar surface area (TPSA) is 104 Å². The van der Waals surface area contributed by atoms with E-state index in [1.54, 1.807) is 4.90 Å². The molecule has 0 bridgehead atoms. The highest BCUT2D eigenvalue weighted by Crippen LogP contribution is 2.36. The quantitative estimate of drug-likeness (QED) is 0.611. The van der Waals surface area contributed by atoms with Crippen LogP contribution in [0.5, 0.6) is 0 Å². The second-order valence-electron chi connectivity index (χ2n) is 8.04. The Balaban J connectivity index is 1.63. The van der Waals surface area contributed by atoms with E-state index in [9.17, 15) is 27.6 Å². The van der Waals surface area contributed by atoms with E-state index < -0.39 is 29.4 Å². The van der Waals surface area contributed by atoms with Crippen molar-refractivity contribution >= 4 is 29.2 Å². The van der Waals surface area contributed by atoms with Gasteiger partial charge in [0.05, 0.1) is 17.5 Å². The first-order valence-corrected chi connectivity index (χ1v) is 10.5. The Bertz CT molecular complexity index is 998. The molecule has 11 heteroatoms. The Morgan fingerprint density at radius 3 is 2.36 bits per heavy atom. The molecule has 0 aliphatic carbocycles. The molecule has 0 radical (unpaired) electrons. The minimum absolute atomic E-state index is 0.0342. The van der Waals surface area contributed by atoms with Gasteiger partial charge >= 0.3 is 12.2 Å². The maximum Gasteiger partial charge on any atom is 0.418 e. The highest BCUT2D eigenvalue weighted by Gasteiger charge is 2.35. The molecule has 4 amide bonds. The average molecular weight is 466 g/mol. The minimum Gasteiger partial charge on any atom is -0.459 e. The number of urea groups is 1. The van der Waals surface area contributed by atoms with E-state index in [0.717, 1.165) is 12.1 Å². The van der Waals surface area contributed by atoms with E-state index in [1.807, 2.05) is 13.8 Å². The molecular formula is C22H25F3N4O4. The number of carbonyl (C=O) groups excluding carboxylic acids is 3. The van der Waals surface area contributed by atoms with Gasteiger partial charge in [0.2, 0.25) is 5.91 Å². The van der Waals surface area contributed by atoms with Crippen LogP contribution in [0.25, 0.3) is 0 Å². The van der Waals surface area contributed by atoms with Gasteiger partial charge in [0.25, 0.3) is 5.91 Å². The largest absolute Gasteiger partial charge is 0.459 e. The van der Waals surface area contributed by atoms with E-state index in [0.29, 0.717) is 25.9 Å². The molecule has 178 valence electrons. The molecule has 0 unspecified atom stereocenters. The summed E-state index contributed by atoms with van der Waals surface area (Å²) in [4.78, 5) is 38.2. The molecule has 1 aromatic carbocycles. The number of nitrogens with zero attached hydrogens (tertiary/aromatic N) is 1. The molecule has 8 nitrogen and oxygen atoms in total. The number of likely N-dealkylation sites (tertiary alicyclic amines) is 1. The molecule has 2 heterocycles. The lowest BCUT2D eigenvalue weighted by atomic mass is 10.0. The minimum atomic E-state index is -4.77. The highest BCUT2D eigenvalue weighted by atomic mass is 19.4. The number of carbonyl (C=O) groups is 3. The van der Waals surface area contributed by atoms with E-state index in [2.05, 4.69) is 16.0 Å². The van der Waals surface area contributed by atoms with Crippen molar-refractivity contribution in [3.05, 3.63) is 47.9 Å². The number of benzene rings is 1. The Labute approximate surface area is 188 Å². The molecule has 0 spiro atoms. The van der Waals surface area contributed by atoms with Crippen molar-refractivity contribution in [2.45, 2.75) is 38.9 Å². The number of nitrogens with one attached hydrogen (secondary N) is 3. The molecule has 0 atom stereocenters. The van der Waals surface area contributed by atoms with E-state index in [-0.39, 0.29) is 29.3 Å². The third kappa shape index (κ3) is 6.27. The van der Waals surface area contributed by atoms with Gasteiger partial charge in [-0.1, -0.05) is 13.8 Å². The summed E-state index contributed by atoms with van der Waals surface area (Å²) in [7, 11) is 0. The van der Waals surface area contributed by atoms with Crippen molar-refractivity contribution in [1.29, 1.82) is 0 Å². The van der Waals surface area contributed by atoms with Crippen LogP contribution in [0.15, 0.2) is 41.0 Å². The summed E-state index contributed by atoms with van der Waals surface area (Å²) >= 11 is 0. The lowest BCUT2D eigenvalue weighted by molar-refractivity contribution is -0.137. The maximum absolute atomic E-state index is 13.6. The number of amides is 4. The summed E-state index contributed by atoms with van der Waals surface area (Å²) in [6, 6.07) is 4.89. The number of halogens is 3. The summed E-state index contributed by atoms with van der Waals surface area (Å²) in [5, 5.41) is 7.24. The Morgan fingerprint density at radius 1 is 1.09 bits per heavy atom. The smallest absolute Gasteiger partial charge is 0.418 e. The number of rotatable bonds is 5. The van der Waals surface area contributed by atoms with Crippen LogP contribution in [0.4, 0.5) is 29.3 Å². The second-order valence-corrected chi connectivity index (χ2v) is 8.04. The molecule has 1 aliphatic heterocycles.